The molecule has 1 unspecified atom stereocenters. The van der Waals surface area contributed by atoms with Gasteiger partial charge < -0.3 is 14.5 Å². The summed E-state index contributed by atoms with van der Waals surface area (Å²) in [6, 6.07) is 5.63. The monoisotopic (exact) mass is 261 g/mol. The number of furan rings is 1. The summed E-state index contributed by atoms with van der Waals surface area (Å²) in [5.41, 5.74) is 0. The third kappa shape index (κ3) is 3.71. The molecule has 2 aromatic rings. The second-order valence-electron chi connectivity index (χ2n) is 4.70. The predicted octanol–water partition coefficient (Wildman–Crippen LogP) is 3.34. The largest absolute Gasteiger partial charge is 0.475 e. The molecule has 19 heavy (non-hydrogen) atoms. The van der Waals surface area contributed by atoms with Crippen LogP contribution in [0, 0.1) is 6.92 Å². The van der Waals surface area contributed by atoms with Gasteiger partial charge in [-0.3, -0.25) is 0 Å². The molecule has 2 aromatic heterocycles. The van der Waals surface area contributed by atoms with E-state index >= 15 is 0 Å². The van der Waals surface area contributed by atoms with Gasteiger partial charge in [-0.25, -0.2) is 4.98 Å². The van der Waals surface area contributed by atoms with Crippen LogP contribution in [0.5, 0.6) is 5.88 Å². The molecule has 5 nitrogen and oxygen atoms in total. The van der Waals surface area contributed by atoms with Gasteiger partial charge >= 0.3 is 0 Å². The van der Waals surface area contributed by atoms with Crippen LogP contribution in [0.25, 0.3) is 0 Å². The van der Waals surface area contributed by atoms with E-state index in [9.17, 15) is 0 Å². The molecule has 0 aliphatic carbocycles. The summed E-state index contributed by atoms with van der Waals surface area (Å²) in [5, 5.41) is 3.19. The lowest BCUT2D eigenvalue weighted by atomic mass is 10.2. The van der Waals surface area contributed by atoms with Crippen LogP contribution in [-0.4, -0.2) is 16.1 Å². The van der Waals surface area contributed by atoms with Gasteiger partial charge in [0, 0.05) is 12.3 Å². The second-order valence-corrected chi connectivity index (χ2v) is 4.70. The SMILES string of the molecule is Cc1ccc(C(C)Nc2nccc(OC(C)C)n2)o1. The maximum atomic E-state index is 5.56. The van der Waals surface area contributed by atoms with Gasteiger partial charge in [0.25, 0.3) is 0 Å². The Morgan fingerprint density at radius 3 is 2.63 bits per heavy atom. The Hall–Kier alpha value is -2.04. The van der Waals surface area contributed by atoms with Crippen LogP contribution in [0.4, 0.5) is 5.95 Å². The van der Waals surface area contributed by atoms with E-state index in [0.29, 0.717) is 11.8 Å². The molecule has 0 spiro atoms. The maximum Gasteiger partial charge on any atom is 0.226 e. The predicted molar refractivity (Wildman–Crippen MR) is 73.3 cm³/mol. The highest BCUT2D eigenvalue weighted by Gasteiger charge is 2.11. The molecule has 102 valence electrons. The molecule has 0 aromatic carbocycles. The lowest BCUT2D eigenvalue weighted by Crippen LogP contribution is -2.11. The third-order valence-electron chi connectivity index (χ3n) is 2.52. The fourth-order valence-corrected chi connectivity index (χ4v) is 1.67. The zero-order valence-electron chi connectivity index (χ0n) is 11.7. The van der Waals surface area contributed by atoms with Crippen LogP contribution in [0.2, 0.25) is 0 Å². The molecule has 0 radical (unpaired) electrons. The number of hydrogen-bond donors (Lipinski definition) is 1. The van der Waals surface area contributed by atoms with Crippen molar-refractivity contribution < 1.29 is 9.15 Å². The van der Waals surface area contributed by atoms with E-state index in [0.717, 1.165) is 11.5 Å². The molecular formula is C14H19N3O2. The van der Waals surface area contributed by atoms with Gasteiger partial charge in [0.2, 0.25) is 11.8 Å². The Morgan fingerprint density at radius 1 is 1.21 bits per heavy atom. The van der Waals surface area contributed by atoms with Gasteiger partial charge in [-0.15, -0.1) is 0 Å². The summed E-state index contributed by atoms with van der Waals surface area (Å²) in [5.74, 6) is 2.84. The summed E-state index contributed by atoms with van der Waals surface area (Å²) in [6.07, 6.45) is 1.76. The van der Waals surface area contributed by atoms with E-state index in [-0.39, 0.29) is 12.1 Å². The molecule has 2 rings (SSSR count). The zero-order valence-corrected chi connectivity index (χ0v) is 11.7. The van der Waals surface area contributed by atoms with E-state index in [2.05, 4.69) is 15.3 Å². The third-order valence-corrected chi connectivity index (χ3v) is 2.52. The highest BCUT2D eigenvalue weighted by Crippen LogP contribution is 2.20. The Balaban J connectivity index is 2.06. The van der Waals surface area contributed by atoms with Crippen LogP contribution < -0.4 is 10.1 Å². The first-order valence-electron chi connectivity index (χ1n) is 6.37. The van der Waals surface area contributed by atoms with E-state index < -0.39 is 0 Å². The molecule has 0 fully saturated rings. The van der Waals surface area contributed by atoms with Crippen molar-refractivity contribution in [3.05, 3.63) is 35.9 Å². The number of nitrogens with zero attached hydrogens (tertiary/aromatic N) is 2. The van der Waals surface area contributed by atoms with E-state index in [1.807, 2.05) is 39.8 Å². The molecule has 0 bridgehead atoms. The number of ether oxygens (including phenoxy) is 1. The number of hydrogen-bond acceptors (Lipinski definition) is 5. The highest BCUT2D eigenvalue weighted by molar-refractivity contribution is 5.30. The van der Waals surface area contributed by atoms with Crippen LogP contribution in [0.1, 0.15) is 38.3 Å². The number of nitrogens with one attached hydrogen (secondary N) is 1. The number of aromatic nitrogens is 2. The Bertz CT molecular complexity index is 537. The lowest BCUT2D eigenvalue weighted by molar-refractivity contribution is 0.232. The summed E-state index contributed by atoms with van der Waals surface area (Å²) < 4.78 is 11.1. The highest BCUT2D eigenvalue weighted by atomic mass is 16.5. The fraction of sp³-hybridized carbons (Fsp3) is 0.429. The molecule has 0 amide bonds. The average Bonchev–Trinajstić information content (AvgIpc) is 2.75. The topological polar surface area (TPSA) is 60.2 Å². The van der Waals surface area contributed by atoms with Crippen molar-refractivity contribution >= 4 is 5.95 Å². The quantitative estimate of drug-likeness (QED) is 0.894. The average molecular weight is 261 g/mol. The van der Waals surface area contributed by atoms with Gasteiger partial charge in [-0.05, 0) is 39.8 Å². The van der Waals surface area contributed by atoms with E-state index in [1.54, 1.807) is 12.3 Å². The molecule has 0 aliphatic heterocycles. The molecule has 2 heterocycles. The zero-order chi connectivity index (χ0) is 13.8. The van der Waals surface area contributed by atoms with Gasteiger partial charge in [0.1, 0.15) is 11.5 Å². The Labute approximate surface area is 113 Å². The van der Waals surface area contributed by atoms with Gasteiger partial charge in [-0.2, -0.15) is 4.98 Å². The van der Waals surface area contributed by atoms with Gasteiger partial charge in [-0.1, -0.05) is 0 Å². The fourth-order valence-electron chi connectivity index (χ4n) is 1.67. The summed E-state index contributed by atoms with van der Waals surface area (Å²) in [6.45, 7) is 7.84. The van der Waals surface area contributed by atoms with Crippen molar-refractivity contribution in [2.45, 2.75) is 39.8 Å². The minimum absolute atomic E-state index is 0.00278. The van der Waals surface area contributed by atoms with Crippen molar-refractivity contribution in [1.82, 2.24) is 9.97 Å². The number of rotatable bonds is 5. The van der Waals surface area contributed by atoms with Crippen molar-refractivity contribution in [2.24, 2.45) is 0 Å². The van der Waals surface area contributed by atoms with E-state index in [4.69, 9.17) is 9.15 Å². The summed E-state index contributed by atoms with van der Waals surface area (Å²) >= 11 is 0. The first-order valence-corrected chi connectivity index (χ1v) is 6.37. The Morgan fingerprint density at radius 2 is 2.00 bits per heavy atom. The molecule has 1 N–H and O–H groups in total. The summed E-state index contributed by atoms with van der Waals surface area (Å²) in [4.78, 5) is 8.47. The lowest BCUT2D eigenvalue weighted by Gasteiger charge is -2.13. The first kappa shape index (κ1) is 13.4. The molecule has 0 saturated heterocycles. The van der Waals surface area contributed by atoms with Crippen molar-refractivity contribution in [1.29, 1.82) is 0 Å². The van der Waals surface area contributed by atoms with Gasteiger partial charge in [0.15, 0.2) is 0 Å². The van der Waals surface area contributed by atoms with Crippen LogP contribution in [0.15, 0.2) is 28.8 Å². The molecule has 0 aliphatic rings. The van der Waals surface area contributed by atoms with Crippen LogP contribution in [0.3, 0.4) is 0 Å². The van der Waals surface area contributed by atoms with Gasteiger partial charge in [0.05, 0.1) is 12.1 Å². The molecule has 0 saturated carbocycles. The van der Waals surface area contributed by atoms with Crippen molar-refractivity contribution in [3.8, 4) is 5.88 Å². The molecule has 1 atom stereocenters. The second kappa shape index (κ2) is 5.73. The molecule has 5 heteroatoms. The maximum absolute atomic E-state index is 5.56. The normalized spacial score (nSPS) is 12.5. The number of anilines is 1. The van der Waals surface area contributed by atoms with Crippen LogP contribution >= 0.6 is 0 Å². The minimum atomic E-state index is 0.00278. The molecular weight excluding hydrogens is 242 g/mol. The Kier molecular flexibility index (Phi) is 4.04. The standard InChI is InChI=1S/C14H19N3O2/c1-9(2)18-13-7-8-15-14(17-13)16-11(4)12-6-5-10(3)19-12/h5-9,11H,1-4H3,(H,15,16,17). The minimum Gasteiger partial charge on any atom is -0.475 e. The van der Waals surface area contributed by atoms with Crippen LogP contribution in [-0.2, 0) is 0 Å². The first-order chi connectivity index (χ1) is 9.04. The smallest absolute Gasteiger partial charge is 0.226 e. The van der Waals surface area contributed by atoms with Crippen molar-refractivity contribution in [3.63, 3.8) is 0 Å². The summed E-state index contributed by atoms with van der Waals surface area (Å²) in [7, 11) is 0. The number of aryl methyl sites for hydroxylation is 1. The van der Waals surface area contributed by atoms with Crippen molar-refractivity contribution in [2.75, 3.05) is 5.32 Å². The van der Waals surface area contributed by atoms with E-state index in [1.165, 1.54) is 0 Å².